The van der Waals surface area contributed by atoms with E-state index in [0.717, 1.165) is 12.0 Å². The summed E-state index contributed by atoms with van der Waals surface area (Å²) in [5.41, 5.74) is 9.69. The largest absolute Gasteiger partial charge is 0.510 e. The second-order valence-electron chi connectivity index (χ2n) is 6.79. The van der Waals surface area contributed by atoms with Crippen LogP contribution >= 0.6 is 11.6 Å². The summed E-state index contributed by atoms with van der Waals surface area (Å²) < 4.78 is 0. The van der Waals surface area contributed by atoms with Gasteiger partial charge >= 0.3 is 0 Å². The first-order chi connectivity index (χ1) is 11.0. The predicted molar refractivity (Wildman–Crippen MR) is 96.5 cm³/mol. The molecule has 3 aliphatic rings. The molecule has 0 fully saturated rings. The van der Waals surface area contributed by atoms with Crippen LogP contribution in [0.2, 0.25) is 0 Å². The summed E-state index contributed by atoms with van der Waals surface area (Å²) in [5, 5.41) is 13.7. The summed E-state index contributed by atoms with van der Waals surface area (Å²) in [6.07, 6.45) is 14.3. The number of alkyl halides is 1. The Kier molecular flexibility index (Phi) is 4.81. The van der Waals surface area contributed by atoms with Crippen molar-refractivity contribution in [2.75, 3.05) is 0 Å². The molecule has 0 aromatic rings. The summed E-state index contributed by atoms with van der Waals surface area (Å²) in [4.78, 5) is 0. The topological polar surface area (TPSA) is 58.3 Å². The molecule has 0 aromatic carbocycles. The van der Waals surface area contributed by atoms with Gasteiger partial charge in [-0.1, -0.05) is 42.0 Å². The van der Waals surface area contributed by atoms with Gasteiger partial charge in [0.05, 0.1) is 5.38 Å². The van der Waals surface area contributed by atoms with Crippen molar-refractivity contribution < 1.29 is 5.11 Å². The average molecular weight is 333 g/mol. The highest BCUT2D eigenvalue weighted by Gasteiger charge is 2.33. The molecule has 0 heterocycles. The van der Waals surface area contributed by atoms with Gasteiger partial charge in [0.1, 0.15) is 5.76 Å². The number of nitrogens with one attached hydrogen (secondary N) is 1. The Labute approximate surface area is 143 Å². The molecule has 3 nitrogen and oxygen atoms in total. The Morgan fingerprint density at radius 1 is 1.43 bits per heavy atom. The minimum absolute atomic E-state index is 0.0247. The highest BCUT2D eigenvalue weighted by atomic mass is 35.5. The number of hydrogen-bond acceptors (Lipinski definition) is 3. The Hall–Kier alpha value is -1.29. The lowest BCUT2D eigenvalue weighted by Crippen LogP contribution is -2.50. The fourth-order valence-electron chi connectivity index (χ4n) is 3.80. The first-order valence-electron chi connectivity index (χ1n) is 8.28. The molecular weight excluding hydrogens is 308 g/mol. The van der Waals surface area contributed by atoms with Crippen LogP contribution in [0, 0.1) is 5.92 Å². The van der Waals surface area contributed by atoms with Crippen LogP contribution in [-0.2, 0) is 0 Å². The second kappa shape index (κ2) is 6.68. The normalized spacial score (nSPS) is 34.8. The highest BCUT2D eigenvalue weighted by molar-refractivity contribution is 6.22. The molecule has 0 aromatic heterocycles. The Bertz CT molecular complexity index is 629. The van der Waals surface area contributed by atoms with Crippen molar-refractivity contribution in [2.24, 2.45) is 11.7 Å². The summed E-state index contributed by atoms with van der Waals surface area (Å²) >= 11 is 6.25. The highest BCUT2D eigenvalue weighted by Crippen LogP contribution is 2.32. The predicted octanol–water partition coefficient (Wildman–Crippen LogP) is 3.50. The van der Waals surface area contributed by atoms with Crippen LogP contribution in [0.25, 0.3) is 0 Å². The molecule has 0 saturated heterocycles. The van der Waals surface area contributed by atoms with Gasteiger partial charge in [-0.25, -0.2) is 0 Å². The third kappa shape index (κ3) is 3.32. The van der Waals surface area contributed by atoms with E-state index in [0.29, 0.717) is 12.2 Å². The lowest BCUT2D eigenvalue weighted by atomic mass is 9.77. The van der Waals surface area contributed by atoms with Crippen molar-refractivity contribution in [3.05, 3.63) is 58.9 Å². The summed E-state index contributed by atoms with van der Waals surface area (Å²) in [7, 11) is 0. The van der Waals surface area contributed by atoms with Crippen LogP contribution in [0.5, 0.6) is 0 Å². The number of rotatable bonds is 3. The summed E-state index contributed by atoms with van der Waals surface area (Å²) in [5.74, 6) is 0.572. The van der Waals surface area contributed by atoms with Crippen LogP contribution < -0.4 is 11.1 Å². The molecule has 5 unspecified atom stereocenters. The van der Waals surface area contributed by atoms with Crippen LogP contribution in [0.4, 0.5) is 0 Å². The van der Waals surface area contributed by atoms with E-state index >= 15 is 0 Å². The van der Waals surface area contributed by atoms with Gasteiger partial charge in [-0.3, -0.25) is 0 Å². The number of aliphatic hydroxyl groups is 1. The molecule has 3 rings (SSSR count). The van der Waals surface area contributed by atoms with Crippen LogP contribution in [0.1, 0.15) is 26.7 Å². The third-order valence-corrected chi connectivity index (χ3v) is 5.34. The summed E-state index contributed by atoms with van der Waals surface area (Å²) in [6.45, 7) is 4.14. The van der Waals surface area contributed by atoms with E-state index in [1.54, 1.807) is 0 Å². The Morgan fingerprint density at radius 3 is 3.00 bits per heavy atom. The molecule has 4 N–H and O–H groups in total. The monoisotopic (exact) mass is 332 g/mol. The number of halogens is 1. The van der Waals surface area contributed by atoms with Crippen molar-refractivity contribution in [1.29, 1.82) is 0 Å². The van der Waals surface area contributed by atoms with E-state index in [-0.39, 0.29) is 29.4 Å². The lowest BCUT2D eigenvalue weighted by Gasteiger charge is -2.38. The van der Waals surface area contributed by atoms with Crippen molar-refractivity contribution in [2.45, 2.75) is 50.2 Å². The van der Waals surface area contributed by atoms with Gasteiger partial charge in [-0.2, -0.15) is 0 Å². The SMILES string of the molecule is CC1=CC(C(C)NC2CC=CC3=CC=CC(N)C32)=C(O)C(Cl)C1. The van der Waals surface area contributed by atoms with Crippen LogP contribution in [-0.4, -0.2) is 28.6 Å². The third-order valence-electron chi connectivity index (χ3n) is 4.98. The van der Waals surface area contributed by atoms with Gasteiger partial charge in [0.25, 0.3) is 0 Å². The van der Waals surface area contributed by atoms with Gasteiger partial charge in [0, 0.05) is 29.6 Å². The zero-order valence-corrected chi connectivity index (χ0v) is 14.4. The van der Waals surface area contributed by atoms with Gasteiger partial charge in [-0.05, 0) is 32.3 Å². The van der Waals surface area contributed by atoms with Crippen molar-refractivity contribution in [3.63, 3.8) is 0 Å². The molecule has 4 heteroatoms. The van der Waals surface area contributed by atoms with Gasteiger partial charge in [-0.15, -0.1) is 11.6 Å². The summed E-state index contributed by atoms with van der Waals surface area (Å²) in [6, 6.07) is 0.310. The average Bonchev–Trinajstić information content (AvgIpc) is 2.51. The maximum Gasteiger partial charge on any atom is 0.115 e. The van der Waals surface area contributed by atoms with E-state index in [4.69, 9.17) is 17.3 Å². The Morgan fingerprint density at radius 2 is 2.22 bits per heavy atom. The molecular formula is C19H25ClN2O. The minimum Gasteiger partial charge on any atom is -0.510 e. The quantitative estimate of drug-likeness (QED) is 0.693. The smallest absolute Gasteiger partial charge is 0.115 e. The molecule has 0 saturated carbocycles. The molecule has 124 valence electrons. The van der Waals surface area contributed by atoms with E-state index in [9.17, 15) is 5.11 Å². The first-order valence-corrected chi connectivity index (χ1v) is 8.72. The van der Waals surface area contributed by atoms with E-state index in [1.807, 2.05) is 6.08 Å². The number of nitrogens with two attached hydrogens (primary N) is 1. The first kappa shape index (κ1) is 16.6. The second-order valence-corrected chi connectivity index (χ2v) is 7.32. The molecule has 3 aliphatic carbocycles. The van der Waals surface area contributed by atoms with Crippen molar-refractivity contribution in [3.8, 4) is 0 Å². The minimum atomic E-state index is -0.319. The molecule has 0 amide bonds. The number of hydrogen-bond donors (Lipinski definition) is 3. The Balaban J connectivity index is 1.79. The molecule has 0 radical (unpaired) electrons. The van der Waals surface area contributed by atoms with Crippen LogP contribution in [0.3, 0.4) is 0 Å². The van der Waals surface area contributed by atoms with E-state index in [1.165, 1.54) is 11.1 Å². The van der Waals surface area contributed by atoms with Crippen LogP contribution in [0.15, 0.2) is 58.9 Å². The lowest BCUT2D eigenvalue weighted by molar-refractivity contribution is 0.334. The zero-order chi connectivity index (χ0) is 16.6. The fraction of sp³-hybridized carbons (Fsp3) is 0.474. The van der Waals surface area contributed by atoms with Crippen molar-refractivity contribution in [1.82, 2.24) is 5.32 Å². The molecule has 0 bridgehead atoms. The standard InChI is InChI=1S/C19H25ClN2O/c1-11-9-14(19(23)15(20)10-11)12(2)22-17-8-4-6-13-5-3-7-16(21)18(13)17/h3-7,9,12,15-18,22-23H,8,10,21H2,1-2H3. The number of fused-ring (bicyclic) bond motifs is 1. The molecule has 0 spiro atoms. The van der Waals surface area contributed by atoms with Gasteiger partial charge in [0.15, 0.2) is 0 Å². The van der Waals surface area contributed by atoms with Crippen molar-refractivity contribution >= 4 is 11.6 Å². The maximum atomic E-state index is 10.3. The number of aliphatic hydroxyl groups excluding tert-OH is 1. The molecule has 23 heavy (non-hydrogen) atoms. The van der Waals surface area contributed by atoms with Gasteiger partial charge < -0.3 is 16.2 Å². The number of allylic oxidation sites excluding steroid dienone is 5. The van der Waals surface area contributed by atoms with Gasteiger partial charge in [0.2, 0.25) is 0 Å². The molecule has 0 aliphatic heterocycles. The zero-order valence-electron chi connectivity index (χ0n) is 13.7. The maximum absolute atomic E-state index is 10.3. The fourth-order valence-corrected chi connectivity index (χ4v) is 4.17. The van der Waals surface area contributed by atoms with E-state index < -0.39 is 0 Å². The van der Waals surface area contributed by atoms with E-state index in [2.05, 4.69) is 49.5 Å². The molecule has 5 atom stereocenters.